The van der Waals surface area contributed by atoms with Crippen molar-refractivity contribution in [2.75, 3.05) is 29.7 Å². The van der Waals surface area contributed by atoms with Crippen LogP contribution >= 0.6 is 11.3 Å². The molecule has 0 saturated heterocycles. The summed E-state index contributed by atoms with van der Waals surface area (Å²) in [5, 5.41) is 16.2. The topological polar surface area (TPSA) is 139 Å². The van der Waals surface area contributed by atoms with Gasteiger partial charge in [0.25, 0.3) is 0 Å². The van der Waals surface area contributed by atoms with Crippen LogP contribution in [0.15, 0.2) is 36.4 Å². The predicted molar refractivity (Wildman–Crippen MR) is 127 cm³/mol. The summed E-state index contributed by atoms with van der Waals surface area (Å²) in [6.45, 7) is 1.51. The Morgan fingerprint density at radius 2 is 2.00 bits per heavy atom. The smallest absolute Gasteiger partial charge is 0.478 e. The van der Waals surface area contributed by atoms with E-state index in [1.165, 1.54) is 38.3 Å². The summed E-state index contributed by atoms with van der Waals surface area (Å²) in [7, 11) is 3.05. The first kappa shape index (κ1) is 25.3. The van der Waals surface area contributed by atoms with Crippen molar-refractivity contribution < 1.29 is 37.3 Å². The monoisotopic (exact) mass is 525 g/mol. The molecule has 0 bridgehead atoms. The highest BCUT2D eigenvalue weighted by Crippen LogP contribution is 2.44. The van der Waals surface area contributed by atoms with E-state index in [1.54, 1.807) is 18.0 Å². The van der Waals surface area contributed by atoms with Crippen molar-refractivity contribution in [2.24, 2.45) is 5.73 Å². The first-order chi connectivity index (χ1) is 16.7. The van der Waals surface area contributed by atoms with Gasteiger partial charge in [0.15, 0.2) is 10.9 Å². The van der Waals surface area contributed by atoms with E-state index in [0.29, 0.717) is 26.7 Å². The maximum atomic E-state index is 12.6. The van der Waals surface area contributed by atoms with Gasteiger partial charge in [0, 0.05) is 26.6 Å². The minimum absolute atomic E-state index is 0.0482. The summed E-state index contributed by atoms with van der Waals surface area (Å²) in [6, 6.07) is 8.29. The molecular formula is C22H22F3N5O5S. The van der Waals surface area contributed by atoms with Gasteiger partial charge in [-0.05, 0) is 37.3 Å². The number of fused-ring (bicyclic) bond motifs is 2. The number of hydrogen-bond acceptors (Lipinski definition) is 9. The Bertz CT molecular complexity index is 1350. The highest BCUT2D eigenvalue weighted by Gasteiger charge is 2.50. The molecule has 0 fully saturated rings. The van der Waals surface area contributed by atoms with Crippen LogP contribution in [-0.4, -0.2) is 53.9 Å². The third-order valence-corrected chi connectivity index (χ3v) is 6.92. The Morgan fingerprint density at radius 1 is 1.28 bits per heavy atom. The van der Waals surface area contributed by atoms with Gasteiger partial charge in [-0.25, -0.2) is 9.78 Å². The number of thiazole rings is 1. The number of amides is 1. The van der Waals surface area contributed by atoms with Crippen molar-refractivity contribution in [1.82, 2.24) is 4.98 Å². The van der Waals surface area contributed by atoms with Crippen molar-refractivity contribution in [3.05, 3.63) is 42.0 Å². The van der Waals surface area contributed by atoms with Crippen LogP contribution in [0.1, 0.15) is 23.7 Å². The molecule has 3 aromatic rings. The maximum absolute atomic E-state index is 12.6. The second-order valence-corrected chi connectivity index (χ2v) is 9.41. The van der Waals surface area contributed by atoms with Crippen LogP contribution in [0, 0.1) is 0 Å². The van der Waals surface area contributed by atoms with Crippen molar-refractivity contribution in [3.8, 4) is 5.75 Å². The number of carboxylic acids is 1. The van der Waals surface area contributed by atoms with Crippen LogP contribution in [0.25, 0.3) is 10.2 Å². The summed E-state index contributed by atoms with van der Waals surface area (Å²) in [6.07, 6.45) is -4.89. The lowest BCUT2D eigenvalue weighted by Gasteiger charge is -2.42. The first-order valence-electron chi connectivity index (χ1n) is 10.4. The van der Waals surface area contributed by atoms with E-state index in [1.807, 2.05) is 0 Å². The SMILES string of the molecule is COC(C)(CC1(Nc2nc3ccc(OC(F)(F)F)cc3s2)Nc2cc(C(=O)O)ccc2N1C)C(N)=O. The molecule has 0 aliphatic carbocycles. The molecule has 0 saturated carbocycles. The van der Waals surface area contributed by atoms with E-state index in [2.05, 4.69) is 20.4 Å². The number of hydrogen-bond donors (Lipinski definition) is 4. The number of benzene rings is 2. The number of anilines is 3. The highest BCUT2D eigenvalue weighted by atomic mass is 32.1. The molecule has 14 heteroatoms. The third kappa shape index (κ3) is 4.68. The van der Waals surface area contributed by atoms with Crippen LogP contribution in [0.5, 0.6) is 5.75 Å². The number of nitrogens with zero attached hydrogens (tertiary/aromatic N) is 2. The molecular weight excluding hydrogens is 503 g/mol. The van der Waals surface area contributed by atoms with Gasteiger partial charge in [0.05, 0.1) is 27.2 Å². The van der Waals surface area contributed by atoms with E-state index < -0.39 is 29.6 Å². The zero-order valence-electron chi connectivity index (χ0n) is 19.3. The number of methoxy groups -OCH3 is 1. The van der Waals surface area contributed by atoms with Crippen LogP contribution in [0.3, 0.4) is 0 Å². The quantitative estimate of drug-likeness (QED) is 0.346. The summed E-state index contributed by atoms with van der Waals surface area (Å²) < 4.78 is 47.7. The number of carbonyl (C=O) groups is 2. The lowest BCUT2D eigenvalue weighted by Crippen LogP contribution is -2.61. The van der Waals surface area contributed by atoms with E-state index in [-0.39, 0.29) is 17.7 Å². The molecule has 1 aromatic heterocycles. The Kier molecular flexibility index (Phi) is 6.12. The fourth-order valence-corrected chi connectivity index (χ4v) is 4.94. The average molecular weight is 526 g/mol. The normalized spacial score (nSPS) is 18.9. The number of rotatable bonds is 8. The number of carboxylic acid groups (broad SMARTS) is 1. The molecule has 1 amide bonds. The van der Waals surface area contributed by atoms with Gasteiger partial charge < -0.3 is 35.8 Å². The number of nitrogens with one attached hydrogen (secondary N) is 2. The summed E-state index contributed by atoms with van der Waals surface area (Å²) in [5.74, 6) is -3.51. The van der Waals surface area contributed by atoms with Crippen molar-refractivity contribution in [3.63, 3.8) is 0 Å². The Hall–Kier alpha value is -3.78. The predicted octanol–water partition coefficient (Wildman–Crippen LogP) is 3.80. The fraction of sp³-hybridized carbons (Fsp3) is 0.318. The Morgan fingerprint density at radius 3 is 2.61 bits per heavy atom. The molecule has 2 heterocycles. The maximum Gasteiger partial charge on any atom is 0.573 e. The number of alkyl halides is 3. The van der Waals surface area contributed by atoms with Gasteiger partial charge in [-0.15, -0.1) is 13.2 Å². The number of halogens is 3. The molecule has 5 N–H and O–H groups in total. The lowest BCUT2D eigenvalue weighted by molar-refractivity contribution is -0.274. The van der Waals surface area contributed by atoms with Gasteiger partial charge in [-0.3, -0.25) is 4.79 Å². The second kappa shape index (κ2) is 8.71. The molecule has 1 aliphatic rings. The van der Waals surface area contributed by atoms with Crippen LogP contribution in [-0.2, 0) is 9.53 Å². The van der Waals surface area contributed by atoms with Gasteiger partial charge in [0.1, 0.15) is 11.4 Å². The number of primary amides is 1. The zero-order valence-corrected chi connectivity index (χ0v) is 20.1. The van der Waals surface area contributed by atoms with E-state index in [0.717, 1.165) is 17.4 Å². The largest absolute Gasteiger partial charge is 0.573 e. The number of ether oxygens (including phenoxy) is 2. The number of aromatic nitrogens is 1. The highest BCUT2D eigenvalue weighted by molar-refractivity contribution is 7.22. The Balaban J connectivity index is 1.75. The Labute approximate surface area is 206 Å². The van der Waals surface area contributed by atoms with E-state index >= 15 is 0 Å². The molecule has 0 spiro atoms. The van der Waals surface area contributed by atoms with Gasteiger partial charge in [-0.2, -0.15) is 0 Å². The molecule has 2 atom stereocenters. The lowest BCUT2D eigenvalue weighted by atomic mass is 9.95. The van der Waals surface area contributed by atoms with Crippen molar-refractivity contribution in [2.45, 2.75) is 31.1 Å². The minimum Gasteiger partial charge on any atom is -0.478 e. The molecule has 1 aliphatic heterocycles. The molecule has 192 valence electrons. The molecule has 2 unspecified atom stereocenters. The molecule has 4 rings (SSSR count). The first-order valence-corrected chi connectivity index (χ1v) is 11.3. The van der Waals surface area contributed by atoms with E-state index in [9.17, 15) is 27.9 Å². The number of aromatic carboxylic acids is 1. The zero-order chi connectivity index (χ0) is 26.5. The fourth-order valence-electron chi connectivity index (χ4n) is 3.98. The second-order valence-electron chi connectivity index (χ2n) is 8.38. The van der Waals surface area contributed by atoms with Crippen LogP contribution < -0.4 is 26.0 Å². The molecule has 36 heavy (non-hydrogen) atoms. The van der Waals surface area contributed by atoms with Gasteiger partial charge in [0.2, 0.25) is 5.91 Å². The number of nitrogens with two attached hydrogens (primary N) is 1. The van der Waals surface area contributed by atoms with Gasteiger partial charge >= 0.3 is 12.3 Å². The number of carbonyl (C=O) groups excluding carboxylic acids is 1. The molecule has 2 aromatic carbocycles. The summed E-state index contributed by atoms with van der Waals surface area (Å²) in [4.78, 5) is 30.0. The summed E-state index contributed by atoms with van der Waals surface area (Å²) in [5.41, 5.74) is 5.72. The average Bonchev–Trinajstić information content (AvgIpc) is 3.29. The van der Waals surface area contributed by atoms with Crippen molar-refractivity contribution in [1.29, 1.82) is 0 Å². The molecule has 10 nitrogen and oxygen atoms in total. The standard InChI is InChI=1S/C22H22F3N5O5S/c1-20(34-3,18(26)33)10-21(28-14-8-11(17(31)32)4-7-15(14)30(21)2)29-19-27-13-6-5-12(9-16(13)36-19)35-22(23,24)25/h4-9,28H,10H2,1-3H3,(H2,26,33)(H,27,29)(H,31,32). The van der Waals surface area contributed by atoms with Crippen LogP contribution in [0.4, 0.5) is 29.7 Å². The molecule has 0 radical (unpaired) electrons. The van der Waals surface area contributed by atoms with E-state index in [4.69, 9.17) is 10.5 Å². The third-order valence-electron chi connectivity index (χ3n) is 5.99. The van der Waals surface area contributed by atoms with Crippen molar-refractivity contribution >= 4 is 49.9 Å². The summed E-state index contributed by atoms with van der Waals surface area (Å²) >= 11 is 1.07. The minimum atomic E-state index is -4.83. The van der Waals surface area contributed by atoms with Gasteiger partial charge in [-0.1, -0.05) is 11.3 Å². The van der Waals surface area contributed by atoms with Crippen LogP contribution in [0.2, 0.25) is 0 Å².